The van der Waals surface area contributed by atoms with E-state index in [-0.39, 0.29) is 63.9 Å². The molecule has 0 bridgehead atoms. The summed E-state index contributed by atoms with van der Waals surface area (Å²) < 4.78 is 57.0. The molecule has 1 amide bonds. The van der Waals surface area contributed by atoms with Gasteiger partial charge in [0.2, 0.25) is 0 Å². The quantitative estimate of drug-likeness (QED) is 0.0747. The summed E-state index contributed by atoms with van der Waals surface area (Å²) in [7, 11) is -2.52. The lowest BCUT2D eigenvalue weighted by molar-refractivity contribution is -0.384. The van der Waals surface area contributed by atoms with E-state index in [4.69, 9.17) is 9.47 Å². The Hall–Kier alpha value is -5.86. The molecule has 6 heterocycles. The van der Waals surface area contributed by atoms with Crippen molar-refractivity contribution in [2.75, 3.05) is 69.7 Å². The van der Waals surface area contributed by atoms with Crippen molar-refractivity contribution in [2.24, 2.45) is 11.3 Å². The summed E-state index contributed by atoms with van der Waals surface area (Å²) in [5, 5.41) is 31.4. The average Bonchev–Trinajstić information content (AvgIpc) is 3.69. The van der Waals surface area contributed by atoms with Crippen LogP contribution in [0.4, 0.5) is 21.5 Å². The van der Waals surface area contributed by atoms with Crippen LogP contribution in [0.25, 0.3) is 11.0 Å². The first-order chi connectivity index (χ1) is 32.9. The number of carbonyl (C=O) groups is 1. The summed E-state index contributed by atoms with van der Waals surface area (Å²) in [6, 6.07) is 17.3. The number of ether oxygens (including phenoxy) is 2. The Morgan fingerprint density at radius 1 is 1.04 bits per heavy atom. The van der Waals surface area contributed by atoms with Crippen molar-refractivity contribution < 1.29 is 37.1 Å². The van der Waals surface area contributed by atoms with Crippen LogP contribution < -0.4 is 24.4 Å². The van der Waals surface area contributed by atoms with Gasteiger partial charge in [0.05, 0.1) is 44.7 Å². The normalized spacial score (nSPS) is 24.3. The molecule has 366 valence electrons. The van der Waals surface area contributed by atoms with Crippen molar-refractivity contribution >= 4 is 44.0 Å². The summed E-state index contributed by atoms with van der Waals surface area (Å²) in [6.07, 6.45) is 7.02. The van der Waals surface area contributed by atoms with Crippen LogP contribution in [0.3, 0.4) is 0 Å². The number of piperazine rings is 1. The van der Waals surface area contributed by atoms with Crippen LogP contribution in [-0.2, 0) is 10.0 Å². The van der Waals surface area contributed by atoms with Gasteiger partial charge in [-0.05, 0) is 93.7 Å². The molecule has 1 aliphatic carbocycles. The number of nitrogens with one attached hydrogen (secondary N) is 3. The van der Waals surface area contributed by atoms with E-state index >= 15 is 0 Å². The smallest absolute Gasteiger partial charge is 0.297 e. The zero-order valence-electron chi connectivity index (χ0n) is 39.4. The number of pyridine rings is 1. The molecule has 3 saturated heterocycles. The molecule has 2 aromatic heterocycles. The standard InChI is InChI=1S/C50H60FN9O8S/c1-31(2)36-7-5-6-8-37(36)43-27-56(4)19-20-59(43)58-29-50(30-58)15-17-57(18-16-50)33-9-10-38(44(21-33)68-34-22-39-40(51)26-53-47(39)52-25-34)48(61)55-69(65,66)35-23-42(60(63)64)46-45(24-35)67-28-41(54-46)32-11-13-49(3,62)14-12-32/h5-10,21-26,31-32,41,43,54,62H,11-20,27-30H2,1-4H3,(H,52,53)(H,55,61)/t32?,41-,43-,49?/m1/s1. The van der Waals surface area contributed by atoms with E-state index in [0.29, 0.717) is 37.2 Å². The lowest BCUT2D eigenvalue weighted by Crippen LogP contribution is -2.68. The van der Waals surface area contributed by atoms with E-state index in [9.17, 15) is 32.8 Å². The van der Waals surface area contributed by atoms with Gasteiger partial charge < -0.3 is 34.7 Å². The van der Waals surface area contributed by atoms with E-state index in [0.717, 1.165) is 70.4 Å². The molecule has 0 unspecified atom stereocenters. The number of benzene rings is 3. The van der Waals surface area contributed by atoms with Gasteiger partial charge in [0.25, 0.3) is 21.6 Å². The fourth-order valence-corrected chi connectivity index (χ4v) is 12.1. The highest BCUT2D eigenvalue weighted by Crippen LogP contribution is 2.46. The van der Waals surface area contributed by atoms with Crippen LogP contribution >= 0.6 is 0 Å². The van der Waals surface area contributed by atoms with Crippen molar-refractivity contribution in [2.45, 2.75) is 87.8 Å². The number of sulfonamides is 1. The highest BCUT2D eigenvalue weighted by atomic mass is 32.2. The summed E-state index contributed by atoms with van der Waals surface area (Å²) >= 11 is 0. The molecule has 69 heavy (non-hydrogen) atoms. The Kier molecular flexibility index (Phi) is 12.3. The summed E-state index contributed by atoms with van der Waals surface area (Å²) in [4.78, 5) is 37.0. The fourth-order valence-electron chi connectivity index (χ4n) is 11.1. The number of hydrazine groups is 1. The van der Waals surface area contributed by atoms with Crippen LogP contribution in [0.15, 0.2) is 78.0 Å². The molecule has 19 heteroatoms. The van der Waals surface area contributed by atoms with Crippen molar-refractivity contribution in [3.05, 3.63) is 106 Å². The minimum absolute atomic E-state index is 0.00871. The number of halogens is 1. The van der Waals surface area contributed by atoms with Crippen molar-refractivity contribution in [3.63, 3.8) is 0 Å². The third kappa shape index (κ3) is 9.34. The topological polar surface area (TPSA) is 199 Å². The number of piperidine rings is 1. The van der Waals surface area contributed by atoms with Gasteiger partial charge in [0.1, 0.15) is 29.6 Å². The van der Waals surface area contributed by atoms with E-state index < -0.39 is 42.9 Å². The lowest BCUT2D eigenvalue weighted by atomic mass is 9.72. The average molecular weight is 966 g/mol. The van der Waals surface area contributed by atoms with Crippen LogP contribution in [0.5, 0.6) is 17.2 Å². The number of H-pyrrole nitrogens is 1. The number of likely N-dealkylation sites (N-methyl/N-ethyl adjacent to an activating group) is 1. The number of carbonyl (C=O) groups excluding carboxylic acids is 1. The Labute approximate surface area is 401 Å². The molecule has 5 aromatic rings. The first kappa shape index (κ1) is 46.8. The highest BCUT2D eigenvalue weighted by Gasteiger charge is 2.49. The van der Waals surface area contributed by atoms with Crippen LogP contribution in [0.1, 0.15) is 92.7 Å². The molecule has 2 atom stereocenters. The highest BCUT2D eigenvalue weighted by molar-refractivity contribution is 7.90. The second kappa shape index (κ2) is 18.1. The third-order valence-electron chi connectivity index (χ3n) is 15.2. The number of amides is 1. The summed E-state index contributed by atoms with van der Waals surface area (Å²) in [6.45, 7) is 12.8. The number of fused-ring (bicyclic) bond motifs is 2. The fraction of sp³-hybridized carbons (Fsp3) is 0.480. The summed E-state index contributed by atoms with van der Waals surface area (Å²) in [5.41, 5.74) is 2.64. The molecular weight excluding hydrogens is 906 g/mol. The molecule has 1 saturated carbocycles. The molecule has 5 aliphatic rings. The monoisotopic (exact) mass is 965 g/mol. The number of nitro benzene ring substituents is 1. The van der Waals surface area contributed by atoms with E-state index in [2.05, 4.69) is 85.0 Å². The SMILES string of the molecule is CC(C)c1ccccc1[C@H]1CN(C)CCN1N1CC2(CCN(c3ccc(C(=O)NS(=O)(=O)c4cc5c(c([N+](=O)[O-])c4)N[C@@H](C4CCC(C)(O)CC4)CO5)c(Oc4cnc5[nH]cc(F)c5c4)c3)CC2)C1. The van der Waals surface area contributed by atoms with E-state index in [1.807, 2.05) is 0 Å². The van der Waals surface area contributed by atoms with Crippen LogP contribution in [0, 0.1) is 27.3 Å². The Morgan fingerprint density at radius 2 is 1.80 bits per heavy atom. The van der Waals surface area contributed by atoms with Gasteiger partial charge in [-0.25, -0.2) is 32.5 Å². The number of aliphatic hydroxyl groups is 1. The third-order valence-corrected chi connectivity index (χ3v) is 16.5. The number of rotatable bonds is 11. The van der Waals surface area contributed by atoms with Gasteiger partial charge in [0.15, 0.2) is 11.4 Å². The first-order valence-electron chi connectivity index (χ1n) is 23.9. The Morgan fingerprint density at radius 3 is 2.54 bits per heavy atom. The van der Waals surface area contributed by atoms with E-state index in [1.54, 1.807) is 19.1 Å². The van der Waals surface area contributed by atoms with Gasteiger partial charge in [0, 0.05) is 81.3 Å². The summed E-state index contributed by atoms with van der Waals surface area (Å²) in [5.74, 6) is -0.980. The predicted molar refractivity (Wildman–Crippen MR) is 259 cm³/mol. The first-order valence-corrected chi connectivity index (χ1v) is 25.4. The zero-order chi connectivity index (χ0) is 48.4. The van der Waals surface area contributed by atoms with Crippen molar-refractivity contribution in [1.29, 1.82) is 0 Å². The second-order valence-electron chi connectivity index (χ2n) is 20.4. The zero-order valence-corrected chi connectivity index (χ0v) is 40.2. The molecular formula is C50H60FN9O8S. The second-order valence-corrected chi connectivity index (χ2v) is 22.1. The molecule has 0 radical (unpaired) electrons. The predicted octanol–water partition coefficient (Wildman–Crippen LogP) is 7.56. The van der Waals surface area contributed by atoms with Gasteiger partial charge in [-0.2, -0.15) is 0 Å². The lowest BCUT2D eigenvalue weighted by Gasteiger charge is -2.60. The maximum Gasteiger partial charge on any atom is 0.297 e. The Bertz CT molecular complexity index is 2890. The molecule has 4 fully saturated rings. The maximum absolute atomic E-state index is 14.7. The molecule has 4 aliphatic heterocycles. The van der Waals surface area contributed by atoms with E-state index in [1.165, 1.54) is 41.7 Å². The molecule has 17 nitrogen and oxygen atoms in total. The largest absolute Gasteiger partial charge is 0.489 e. The van der Waals surface area contributed by atoms with Crippen molar-refractivity contribution in [3.8, 4) is 17.2 Å². The van der Waals surface area contributed by atoms with Gasteiger partial charge >= 0.3 is 0 Å². The van der Waals surface area contributed by atoms with Gasteiger partial charge in [-0.1, -0.05) is 38.1 Å². The number of aromatic amines is 1. The number of nitrogens with zero attached hydrogens (tertiary/aromatic N) is 6. The molecule has 10 rings (SSSR count). The maximum atomic E-state index is 14.7. The molecule has 4 N–H and O–H groups in total. The minimum Gasteiger partial charge on any atom is -0.489 e. The number of hydrogen-bond acceptors (Lipinski definition) is 14. The number of hydrogen-bond donors (Lipinski definition) is 4. The van der Waals surface area contributed by atoms with Crippen molar-refractivity contribution in [1.82, 2.24) is 29.6 Å². The number of nitro groups is 1. The van der Waals surface area contributed by atoms with Crippen LogP contribution in [0.2, 0.25) is 0 Å². The Balaban J connectivity index is 0.865. The van der Waals surface area contributed by atoms with Crippen LogP contribution in [-0.4, -0.2) is 120 Å². The van der Waals surface area contributed by atoms with Gasteiger partial charge in [-0.15, -0.1) is 0 Å². The number of aromatic nitrogens is 2. The molecule has 3 aromatic carbocycles. The van der Waals surface area contributed by atoms with Gasteiger partial charge in [-0.3, -0.25) is 14.9 Å². The number of anilines is 2. The molecule has 1 spiro atoms. The minimum atomic E-state index is -4.72.